The predicted octanol–water partition coefficient (Wildman–Crippen LogP) is 0.688. The van der Waals surface area contributed by atoms with Crippen molar-refractivity contribution in [3.63, 3.8) is 0 Å². The van der Waals surface area contributed by atoms with Crippen LogP contribution in [-0.2, 0) is 11.5 Å². The molecule has 21 heavy (non-hydrogen) atoms. The summed E-state index contributed by atoms with van der Waals surface area (Å²) in [6.07, 6.45) is 1.87. The Bertz CT molecular complexity index is 727. The molecule has 1 fully saturated rings. The van der Waals surface area contributed by atoms with Gasteiger partial charge >= 0.3 is 5.97 Å². The molecule has 1 saturated heterocycles. The molecule has 7 nitrogen and oxygen atoms in total. The summed E-state index contributed by atoms with van der Waals surface area (Å²) in [6.45, 7) is 1.06. The highest BCUT2D eigenvalue weighted by atomic mass is 16.4. The van der Waals surface area contributed by atoms with Crippen LogP contribution >= 0.6 is 0 Å². The normalized spacial score (nSPS) is 19.1. The first-order valence-electron chi connectivity index (χ1n) is 6.93. The highest BCUT2D eigenvalue weighted by Gasteiger charge is 2.27. The van der Waals surface area contributed by atoms with Crippen LogP contribution < -0.4 is 5.56 Å². The van der Waals surface area contributed by atoms with E-state index in [4.69, 9.17) is 5.11 Å². The van der Waals surface area contributed by atoms with Gasteiger partial charge in [-0.05, 0) is 25.0 Å². The van der Waals surface area contributed by atoms with Crippen molar-refractivity contribution < 1.29 is 9.90 Å². The summed E-state index contributed by atoms with van der Waals surface area (Å²) in [5.41, 5.74) is 0.379. The van der Waals surface area contributed by atoms with E-state index >= 15 is 0 Å². The van der Waals surface area contributed by atoms with Gasteiger partial charge in [-0.1, -0.05) is 17.3 Å². The molecule has 0 aliphatic carbocycles. The quantitative estimate of drug-likeness (QED) is 0.890. The third-order valence-electron chi connectivity index (χ3n) is 3.85. The smallest absolute Gasteiger partial charge is 0.304 e. The van der Waals surface area contributed by atoms with Crippen LogP contribution in [-0.4, -0.2) is 43.6 Å². The second-order valence-corrected chi connectivity index (χ2v) is 5.26. The van der Waals surface area contributed by atoms with Gasteiger partial charge in [0.2, 0.25) is 0 Å². The van der Waals surface area contributed by atoms with Crippen molar-refractivity contribution in [2.24, 2.45) is 0 Å². The Morgan fingerprint density at radius 2 is 2.19 bits per heavy atom. The third kappa shape index (κ3) is 2.78. The molecule has 1 atom stereocenters. The summed E-state index contributed by atoms with van der Waals surface area (Å²) in [5.74, 6) is -0.816. The first kappa shape index (κ1) is 13.7. The minimum absolute atomic E-state index is 0.0392. The van der Waals surface area contributed by atoms with E-state index in [9.17, 15) is 9.59 Å². The number of nitrogens with zero attached hydrogens (tertiary/aromatic N) is 4. The maximum absolute atomic E-state index is 12.4. The van der Waals surface area contributed by atoms with E-state index in [2.05, 4.69) is 10.3 Å². The van der Waals surface area contributed by atoms with Crippen LogP contribution in [0.25, 0.3) is 10.9 Å². The van der Waals surface area contributed by atoms with Crippen LogP contribution in [0.1, 0.15) is 19.3 Å². The Hall–Kier alpha value is -2.28. The fourth-order valence-corrected chi connectivity index (χ4v) is 2.80. The highest BCUT2D eigenvalue weighted by molar-refractivity contribution is 5.76. The van der Waals surface area contributed by atoms with Crippen LogP contribution in [0.15, 0.2) is 29.1 Å². The van der Waals surface area contributed by atoms with Crippen molar-refractivity contribution in [3.05, 3.63) is 34.6 Å². The third-order valence-corrected chi connectivity index (χ3v) is 3.85. The molecule has 1 aliphatic rings. The lowest BCUT2D eigenvalue weighted by Gasteiger charge is -2.22. The van der Waals surface area contributed by atoms with E-state index in [0.29, 0.717) is 10.9 Å². The number of carbonyl (C=O) groups is 1. The lowest BCUT2D eigenvalue weighted by molar-refractivity contribution is -0.138. The summed E-state index contributed by atoms with van der Waals surface area (Å²) in [5, 5.41) is 17.4. The van der Waals surface area contributed by atoms with Crippen LogP contribution in [0.5, 0.6) is 0 Å². The van der Waals surface area contributed by atoms with Gasteiger partial charge in [0.25, 0.3) is 5.56 Å². The Morgan fingerprint density at radius 3 is 3.00 bits per heavy atom. The number of hydrogen-bond donors (Lipinski definition) is 1. The van der Waals surface area contributed by atoms with E-state index in [1.165, 1.54) is 4.68 Å². The van der Waals surface area contributed by atoms with Gasteiger partial charge in [-0.15, -0.1) is 5.10 Å². The second kappa shape index (κ2) is 5.61. The van der Waals surface area contributed by atoms with Gasteiger partial charge in [-0.25, -0.2) is 0 Å². The number of benzene rings is 1. The number of rotatable bonds is 4. The molecule has 1 N–H and O–H groups in total. The molecule has 1 aromatic heterocycles. The average Bonchev–Trinajstić information content (AvgIpc) is 2.89. The van der Waals surface area contributed by atoms with Crippen LogP contribution in [0.4, 0.5) is 0 Å². The molecular weight excluding hydrogens is 272 g/mol. The van der Waals surface area contributed by atoms with Gasteiger partial charge in [0.1, 0.15) is 5.52 Å². The topological polar surface area (TPSA) is 88.3 Å². The number of carboxylic acids is 1. The van der Waals surface area contributed by atoms with E-state index in [-0.39, 0.29) is 24.7 Å². The fraction of sp³-hybridized carbons (Fsp3) is 0.429. The fourth-order valence-electron chi connectivity index (χ4n) is 2.80. The maximum Gasteiger partial charge on any atom is 0.304 e. The van der Waals surface area contributed by atoms with Gasteiger partial charge in [-0.2, -0.15) is 4.68 Å². The number of fused-ring (bicyclic) bond motifs is 1. The van der Waals surface area contributed by atoms with E-state index in [1.54, 1.807) is 18.2 Å². The van der Waals surface area contributed by atoms with Gasteiger partial charge in [-0.3, -0.25) is 14.5 Å². The molecule has 110 valence electrons. The molecule has 0 radical (unpaired) electrons. The maximum atomic E-state index is 12.4. The van der Waals surface area contributed by atoms with E-state index in [1.807, 2.05) is 11.0 Å². The van der Waals surface area contributed by atoms with Gasteiger partial charge in [0.15, 0.2) is 0 Å². The first-order valence-corrected chi connectivity index (χ1v) is 6.93. The van der Waals surface area contributed by atoms with E-state index in [0.717, 1.165) is 19.4 Å². The number of likely N-dealkylation sites (tertiary alicyclic amines) is 1. The van der Waals surface area contributed by atoms with Crippen LogP contribution in [0.3, 0.4) is 0 Å². The van der Waals surface area contributed by atoms with Crippen molar-refractivity contribution in [1.82, 2.24) is 19.9 Å². The van der Waals surface area contributed by atoms with Crippen LogP contribution in [0.2, 0.25) is 0 Å². The molecule has 7 heteroatoms. The molecule has 1 aliphatic heterocycles. The zero-order chi connectivity index (χ0) is 14.8. The predicted molar refractivity (Wildman–Crippen MR) is 75.8 cm³/mol. The molecule has 0 bridgehead atoms. The summed E-state index contributed by atoms with van der Waals surface area (Å²) in [4.78, 5) is 25.2. The Kier molecular flexibility index (Phi) is 3.66. The number of aliphatic carboxylic acids is 1. The summed E-state index contributed by atoms with van der Waals surface area (Å²) in [6, 6.07) is 7.03. The largest absolute Gasteiger partial charge is 0.481 e. The molecule has 1 aromatic carbocycles. The van der Waals surface area contributed by atoms with Crippen molar-refractivity contribution in [2.45, 2.75) is 32.0 Å². The summed E-state index contributed by atoms with van der Waals surface area (Å²) in [7, 11) is 0. The molecule has 0 saturated carbocycles. The molecule has 1 unspecified atom stereocenters. The lowest BCUT2D eigenvalue weighted by atomic mass is 10.1. The standard InChI is InChI=1S/C14H16N4O3/c19-13(20)8-10-4-3-7-17(10)9-18-14(21)11-5-1-2-6-12(11)15-16-18/h1-2,5-6,10H,3-4,7-9H2,(H,19,20). The Labute approximate surface area is 120 Å². The number of aromatic nitrogens is 3. The first-order chi connectivity index (χ1) is 10.1. The lowest BCUT2D eigenvalue weighted by Crippen LogP contribution is -2.38. The van der Waals surface area contributed by atoms with Crippen molar-refractivity contribution in [3.8, 4) is 0 Å². The molecule has 2 aromatic rings. The van der Waals surface area contributed by atoms with Gasteiger partial charge < -0.3 is 5.11 Å². The SMILES string of the molecule is O=C(O)CC1CCCN1Cn1nnc2ccccc2c1=O. The Balaban J connectivity index is 1.86. The van der Waals surface area contributed by atoms with Gasteiger partial charge in [0, 0.05) is 12.6 Å². The Morgan fingerprint density at radius 1 is 1.38 bits per heavy atom. The second-order valence-electron chi connectivity index (χ2n) is 5.26. The average molecular weight is 288 g/mol. The van der Waals surface area contributed by atoms with Crippen molar-refractivity contribution >= 4 is 16.9 Å². The summed E-state index contributed by atoms with van der Waals surface area (Å²) >= 11 is 0. The zero-order valence-corrected chi connectivity index (χ0v) is 11.5. The molecule has 0 spiro atoms. The minimum atomic E-state index is -0.816. The van der Waals surface area contributed by atoms with Crippen molar-refractivity contribution in [1.29, 1.82) is 0 Å². The minimum Gasteiger partial charge on any atom is -0.481 e. The molecular formula is C14H16N4O3. The van der Waals surface area contributed by atoms with E-state index < -0.39 is 5.97 Å². The molecule has 3 rings (SSSR count). The zero-order valence-electron chi connectivity index (χ0n) is 11.5. The molecule has 0 amide bonds. The highest BCUT2D eigenvalue weighted by Crippen LogP contribution is 2.20. The van der Waals surface area contributed by atoms with Crippen molar-refractivity contribution in [2.75, 3.05) is 6.54 Å². The monoisotopic (exact) mass is 288 g/mol. The van der Waals surface area contributed by atoms with Gasteiger partial charge in [0.05, 0.1) is 18.5 Å². The van der Waals surface area contributed by atoms with Crippen LogP contribution in [0, 0.1) is 0 Å². The summed E-state index contributed by atoms with van der Waals surface area (Å²) < 4.78 is 1.31. The number of carboxylic acid groups (broad SMARTS) is 1. The number of hydrogen-bond acceptors (Lipinski definition) is 5. The molecule has 2 heterocycles.